The molecular formula is C18H27N. The Kier molecular flexibility index (Phi) is 3.66. The van der Waals surface area contributed by atoms with Crippen molar-refractivity contribution in [1.29, 1.82) is 0 Å². The molecule has 3 rings (SSSR count). The van der Waals surface area contributed by atoms with Crippen molar-refractivity contribution in [2.45, 2.75) is 69.7 Å². The van der Waals surface area contributed by atoms with Crippen LogP contribution in [0.25, 0.3) is 0 Å². The van der Waals surface area contributed by atoms with Crippen LogP contribution in [0.2, 0.25) is 0 Å². The smallest absolute Gasteiger partial charge is 0.0162 e. The van der Waals surface area contributed by atoms with E-state index in [-0.39, 0.29) is 5.54 Å². The maximum Gasteiger partial charge on any atom is 0.0162 e. The molecule has 0 amide bonds. The van der Waals surface area contributed by atoms with Gasteiger partial charge in [0.15, 0.2) is 0 Å². The number of fused-ring (bicyclic) bond motifs is 1. The van der Waals surface area contributed by atoms with Crippen molar-refractivity contribution in [3.63, 3.8) is 0 Å². The lowest BCUT2D eigenvalue weighted by atomic mass is 9.69. The highest BCUT2D eigenvalue weighted by atomic mass is 14.7. The van der Waals surface area contributed by atoms with Crippen molar-refractivity contribution in [3.05, 3.63) is 35.4 Å². The zero-order chi connectivity index (χ0) is 13.3. The first-order valence-electron chi connectivity index (χ1n) is 8.03. The van der Waals surface area contributed by atoms with E-state index < -0.39 is 0 Å². The molecule has 1 aromatic rings. The summed E-state index contributed by atoms with van der Waals surface area (Å²) in [6.45, 7) is 2.37. The van der Waals surface area contributed by atoms with Gasteiger partial charge < -0.3 is 5.73 Å². The predicted molar refractivity (Wildman–Crippen MR) is 81.3 cm³/mol. The SMILES string of the molecule is CC1CCCC(N)(CC2CCCc3ccccc32)C1. The predicted octanol–water partition coefficient (Wildman–Crippen LogP) is 4.40. The second-order valence-corrected chi connectivity index (χ2v) is 7.06. The van der Waals surface area contributed by atoms with Crippen LogP contribution in [0, 0.1) is 5.92 Å². The quantitative estimate of drug-likeness (QED) is 0.834. The summed E-state index contributed by atoms with van der Waals surface area (Å²) in [7, 11) is 0. The molecule has 0 aliphatic heterocycles. The molecule has 0 aromatic heterocycles. The molecule has 2 aliphatic rings. The van der Waals surface area contributed by atoms with Gasteiger partial charge in [-0.2, -0.15) is 0 Å². The van der Waals surface area contributed by atoms with Crippen molar-refractivity contribution in [2.75, 3.05) is 0 Å². The minimum absolute atomic E-state index is 0.104. The molecule has 0 radical (unpaired) electrons. The molecule has 19 heavy (non-hydrogen) atoms. The summed E-state index contributed by atoms with van der Waals surface area (Å²) in [6.07, 6.45) is 10.3. The van der Waals surface area contributed by atoms with E-state index in [2.05, 4.69) is 31.2 Å². The largest absolute Gasteiger partial charge is 0.325 e. The maximum absolute atomic E-state index is 6.74. The van der Waals surface area contributed by atoms with Gasteiger partial charge in [0.05, 0.1) is 0 Å². The van der Waals surface area contributed by atoms with Gasteiger partial charge in [0.2, 0.25) is 0 Å². The van der Waals surface area contributed by atoms with Gasteiger partial charge in [0, 0.05) is 5.54 Å². The Bertz CT molecular complexity index is 439. The molecule has 1 fully saturated rings. The molecule has 2 N–H and O–H groups in total. The summed E-state index contributed by atoms with van der Waals surface area (Å²) >= 11 is 0. The van der Waals surface area contributed by atoms with Gasteiger partial charge in [-0.25, -0.2) is 0 Å². The van der Waals surface area contributed by atoms with Gasteiger partial charge in [-0.05, 0) is 61.5 Å². The molecule has 1 heteroatoms. The molecule has 0 saturated heterocycles. The minimum Gasteiger partial charge on any atom is -0.325 e. The van der Waals surface area contributed by atoms with Crippen molar-refractivity contribution < 1.29 is 0 Å². The maximum atomic E-state index is 6.74. The highest BCUT2D eigenvalue weighted by Gasteiger charge is 2.34. The third-order valence-corrected chi connectivity index (χ3v) is 5.27. The highest BCUT2D eigenvalue weighted by molar-refractivity contribution is 5.33. The topological polar surface area (TPSA) is 26.0 Å². The van der Waals surface area contributed by atoms with E-state index in [0.29, 0.717) is 5.92 Å². The summed E-state index contributed by atoms with van der Waals surface area (Å²) in [5.41, 5.74) is 10.0. The lowest BCUT2D eigenvalue weighted by Gasteiger charge is -2.40. The Labute approximate surface area is 117 Å². The van der Waals surface area contributed by atoms with Gasteiger partial charge in [-0.15, -0.1) is 0 Å². The van der Waals surface area contributed by atoms with Crippen LogP contribution in [0.3, 0.4) is 0 Å². The van der Waals surface area contributed by atoms with Gasteiger partial charge in [0.25, 0.3) is 0 Å². The molecule has 0 bridgehead atoms. The molecule has 1 saturated carbocycles. The van der Waals surface area contributed by atoms with Gasteiger partial charge in [0.1, 0.15) is 0 Å². The third-order valence-electron chi connectivity index (χ3n) is 5.27. The van der Waals surface area contributed by atoms with Gasteiger partial charge >= 0.3 is 0 Å². The van der Waals surface area contributed by atoms with Crippen LogP contribution in [0.5, 0.6) is 0 Å². The molecular weight excluding hydrogens is 230 g/mol. The lowest BCUT2D eigenvalue weighted by molar-refractivity contribution is 0.207. The number of hydrogen-bond donors (Lipinski definition) is 1. The molecule has 1 nitrogen and oxygen atoms in total. The van der Waals surface area contributed by atoms with Crippen LogP contribution < -0.4 is 5.73 Å². The van der Waals surface area contributed by atoms with Crippen LogP contribution in [0.1, 0.15) is 68.9 Å². The van der Waals surface area contributed by atoms with Gasteiger partial charge in [-0.3, -0.25) is 0 Å². The first kappa shape index (κ1) is 13.2. The molecule has 0 heterocycles. The Balaban J connectivity index is 1.77. The van der Waals surface area contributed by atoms with E-state index in [4.69, 9.17) is 5.73 Å². The first-order chi connectivity index (χ1) is 9.16. The van der Waals surface area contributed by atoms with Crippen molar-refractivity contribution >= 4 is 0 Å². The van der Waals surface area contributed by atoms with Crippen molar-refractivity contribution in [2.24, 2.45) is 11.7 Å². The Morgan fingerprint density at radius 1 is 1.21 bits per heavy atom. The van der Waals surface area contributed by atoms with Crippen LogP contribution in [-0.4, -0.2) is 5.54 Å². The van der Waals surface area contributed by atoms with E-state index in [1.54, 1.807) is 11.1 Å². The fourth-order valence-electron chi connectivity index (χ4n) is 4.44. The van der Waals surface area contributed by atoms with Gasteiger partial charge in [-0.1, -0.05) is 44.0 Å². The van der Waals surface area contributed by atoms with Crippen molar-refractivity contribution in [1.82, 2.24) is 0 Å². The fourth-order valence-corrected chi connectivity index (χ4v) is 4.44. The monoisotopic (exact) mass is 257 g/mol. The summed E-state index contributed by atoms with van der Waals surface area (Å²) in [5, 5.41) is 0. The number of hydrogen-bond acceptors (Lipinski definition) is 1. The summed E-state index contributed by atoms with van der Waals surface area (Å²) < 4.78 is 0. The molecule has 3 atom stereocenters. The number of aryl methyl sites for hydroxylation is 1. The summed E-state index contributed by atoms with van der Waals surface area (Å²) in [5.74, 6) is 1.53. The average Bonchev–Trinajstić information content (AvgIpc) is 2.38. The van der Waals surface area contributed by atoms with Crippen molar-refractivity contribution in [3.8, 4) is 0 Å². The van der Waals surface area contributed by atoms with E-state index in [9.17, 15) is 0 Å². The van der Waals surface area contributed by atoms with Crippen LogP contribution >= 0.6 is 0 Å². The molecule has 2 aliphatic carbocycles. The zero-order valence-electron chi connectivity index (χ0n) is 12.2. The highest BCUT2D eigenvalue weighted by Crippen LogP contribution is 2.41. The molecule has 1 aromatic carbocycles. The zero-order valence-corrected chi connectivity index (χ0v) is 12.2. The van der Waals surface area contributed by atoms with E-state index in [1.165, 1.54) is 51.4 Å². The Hall–Kier alpha value is -0.820. The van der Waals surface area contributed by atoms with E-state index in [1.807, 2.05) is 0 Å². The third kappa shape index (κ3) is 2.86. The van der Waals surface area contributed by atoms with E-state index in [0.717, 1.165) is 5.92 Å². The fraction of sp³-hybridized carbons (Fsp3) is 0.667. The first-order valence-corrected chi connectivity index (χ1v) is 8.03. The number of nitrogens with two attached hydrogens (primary N) is 1. The normalized spacial score (nSPS) is 34.8. The molecule has 0 spiro atoms. The number of benzene rings is 1. The van der Waals surface area contributed by atoms with Crippen LogP contribution in [-0.2, 0) is 6.42 Å². The Morgan fingerprint density at radius 3 is 2.89 bits per heavy atom. The van der Waals surface area contributed by atoms with Crippen LogP contribution in [0.4, 0.5) is 0 Å². The van der Waals surface area contributed by atoms with E-state index >= 15 is 0 Å². The Morgan fingerprint density at radius 2 is 2.05 bits per heavy atom. The minimum atomic E-state index is 0.104. The molecule has 104 valence electrons. The second-order valence-electron chi connectivity index (χ2n) is 7.06. The average molecular weight is 257 g/mol. The number of rotatable bonds is 2. The standard InChI is InChI=1S/C18H27N/c1-14-6-5-11-18(19,12-14)13-16-9-4-8-15-7-2-3-10-17(15)16/h2-3,7,10,14,16H,4-6,8-9,11-13,19H2,1H3. The molecule has 3 unspecified atom stereocenters. The second kappa shape index (κ2) is 5.28. The lowest BCUT2D eigenvalue weighted by Crippen LogP contribution is -2.45. The summed E-state index contributed by atoms with van der Waals surface area (Å²) in [4.78, 5) is 0. The van der Waals surface area contributed by atoms with Crippen LogP contribution in [0.15, 0.2) is 24.3 Å². The summed E-state index contributed by atoms with van der Waals surface area (Å²) in [6, 6.07) is 9.04.